The number of nitrogens with one attached hydrogen (secondary N) is 1. The normalized spacial score (nSPS) is 28.0. The Hall–Kier alpha value is -2.25. The maximum atomic E-state index is 12.7. The van der Waals surface area contributed by atoms with E-state index >= 15 is 0 Å². The third-order valence-electron chi connectivity index (χ3n) is 5.45. The standard InChI is InChI=1S/C18H24N6O/c19-9-15-10-24(22-21-15)11-16-8-13-6-7-23(16)12-17(13)18(25)20-14-4-2-1-3-5-14/h1-5,10,13,16-17H,6-9,11-12,19H2,(H,20,25)/t13-,16-,17-/m1/s1. The second-order valence-corrected chi connectivity index (χ2v) is 7.03. The molecule has 7 heteroatoms. The van der Waals surface area contributed by atoms with Crippen LogP contribution in [-0.2, 0) is 17.9 Å². The van der Waals surface area contributed by atoms with Crippen molar-refractivity contribution in [3.05, 3.63) is 42.2 Å². The molecule has 0 radical (unpaired) electrons. The molecule has 5 rings (SSSR count). The molecule has 3 aliphatic rings. The lowest BCUT2D eigenvalue weighted by Crippen LogP contribution is -2.57. The molecule has 1 unspecified atom stereocenters. The maximum Gasteiger partial charge on any atom is 0.229 e. The summed E-state index contributed by atoms with van der Waals surface area (Å²) < 4.78 is 1.88. The van der Waals surface area contributed by atoms with Gasteiger partial charge in [-0.25, -0.2) is 0 Å². The van der Waals surface area contributed by atoms with Gasteiger partial charge < -0.3 is 11.1 Å². The number of para-hydroxylation sites is 1. The number of nitrogens with zero attached hydrogens (tertiary/aromatic N) is 4. The van der Waals surface area contributed by atoms with E-state index in [1.54, 1.807) is 0 Å². The summed E-state index contributed by atoms with van der Waals surface area (Å²) in [4.78, 5) is 15.1. The first-order chi connectivity index (χ1) is 12.2. The Kier molecular flexibility index (Phi) is 4.50. The van der Waals surface area contributed by atoms with Crippen LogP contribution in [0, 0.1) is 11.8 Å². The first-order valence-electron chi connectivity index (χ1n) is 8.92. The molecule has 4 heterocycles. The smallest absolute Gasteiger partial charge is 0.229 e. The summed E-state index contributed by atoms with van der Waals surface area (Å²) in [6, 6.07) is 10.1. The van der Waals surface area contributed by atoms with Gasteiger partial charge in [-0.05, 0) is 37.4 Å². The first-order valence-corrected chi connectivity index (χ1v) is 8.92. The van der Waals surface area contributed by atoms with Crippen molar-refractivity contribution in [2.24, 2.45) is 17.6 Å². The number of hydrogen-bond donors (Lipinski definition) is 2. The molecule has 7 nitrogen and oxygen atoms in total. The molecule has 25 heavy (non-hydrogen) atoms. The van der Waals surface area contributed by atoms with E-state index in [0.29, 0.717) is 18.5 Å². The number of aromatic nitrogens is 3. The monoisotopic (exact) mass is 340 g/mol. The summed E-state index contributed by atoms with van der Waals surface area (Å²) >= 11 is 0. The first kappa shape index (κ1) is 16.2. The van der Waals surface area contributed by atoms with Crippen molar-refractivity contribution in [3.63, 3.8) is 0 Å². The van der Waals surface area contributed by atoms with Gasteiger partial charge in [0, 0.05) is 31.0 Å². The van der Waals surface area contributed by atoms with Crippen LogP contribution in [0.25, 0.3) is 0 Å². The third-order valence-corrected chi connectivity index (χ3v) is 5.45. The summed E-state index contributed by atoms with van der Waals surface area (Å²) in [7, 11) is 0. The van der Waals surface area contributed by atoms with Crippen molar-refractivity contribution in [3.8, 4) is 0 Å². The summed E-state index contributed by atoms with van der Waals surface area (Å²) in [5.74, 6) is 0.655. The minimum absolute atomic E-state index is 0.0700. The molecule has 2 bridgehead atoms. The molecule has 3 aliphatic heterocycles. The lowest BCUT2D eigenvalue weighted by atomic mass is 9.75. The molecule has 2 aromatic rings. The van der Waals surface area contributed by atoms with Crippen molar-refractivity contribution >= 4 is 11.6 Å². The Labute approximate surface area is 147 Å². The molecule has 0 spiro atoms. The average Bonchev–Trinajstić information content (AvgIpc) is 3.10. The minimum Gasteiger partial charge on any atom is -0.326 e. The maximum absolute atomic E-state index is 12.7. The number of piperidine rings is 3. The topological polar surface area (TPSA) is 89.1 Å². The van der Waals surface area contributed by atoms with Crippen LogP contribution in [-0.4, -0.2) is 44.9 Å². The number of amides is 1. The van der Waals surface area contributed by atoms with Crippen LogP contribution in [0.4, 0.5) is 5.69 Å². The predicted molar refractivity (Wildman–Crippen MR) is 94.6 cm³/mol. The average molecular weight is 340 g/mol. The van der Waals surface area contributed by atoms with Crippen LogP contribution in [0.5, 0.6) is 0 Å². The summed E-state index contributed by atoms with van der Waals surface area (Å²) in [5, 5.41) is 11.3. The van der Waals surface area contributed by atoms with Gasteiger partial charge in [0.25, 0.3) is 0 Å². The van der Waals surface area contributed by atoms with Crippen molar-refractivity contribution in [2.45, 2.75) is 32.0 Å². The van der Waals surface area contributed by atoms with E-state index in [9.17, 15) is 4.79 Å². The van der Waals surface area contributed by atoms with Gasteiger partial charge in [-0.2, -0.15) is 0 Å². The summed E-state index contributed by atoms with van der Waals surface area (Å²) in [6.07, 6.45) is 4.04. The fourth-order valence-electron chi connectivity index (χ4n) is 4.12. The van der Waals surface area contributed by atoms with Gasteiger partial charge in [0.05, 0.1) is 18.2 Å². The predicted octanol–water partition coefficient (Wildman–Crippen LogP) is 1.09. The number of hydrogen-bond acceptors (Lipinski definition) is 5. The molecule has 4 atom stereocenters. The summed E-state index contributed by atoms with van der Waals surface area (Å²) in [6.45, 7) is 3.12. The van der Waals surface area contributed by atoms with Gasteiger partial charge in [-0.3, -0.25) is 14.4 Å². The van der Waals surface area contributed by atoms with Gasteiger partial charge in [-0.1, -0.05) is 23.4 Å². The highest BCUT2D eigenvalue weighted by Gasteiger charge is 2.43. The number of carbonyl (C=O) groups excluding carboxylic acids is 1. The zero-order valence-electron chi connectivity index (χ0n) is 14.2. The van der Waals surface area contributed by atoms with E-state index in [1.807, 2.05) is 41.2 Å². The molecule has 3 saturated heterocycles. The Bertz CT molecular complexity index is 730. The van der Waals surface area contributed by atoms with E-state index in [2.05, 4.69) is 20.5 Å². The highest BCUT2D eigenvalue weighted by Crippen LogP contribution is 2.37. The largest absolute Gasteiger partial charge is 0.326 e. The Morgan fingerprint density at radius 1 is 1.32 bits per heavy atom. The van der Waals surface area contributed by atoms with Crippen molar-refractivity contribution in [2.75, 3.05) is 18.4 Å². The highest BCUT2D eigenvalue weighted by molar-refractivity contribution is 5.93. The Morgan fingerprint density at radius 3 is 2.84 bits per heavy atom. The SMILES string of the molecule is NCc1cn(C[C@H]2C[C@H]3CCN2C[C@H]3C(=O)Nc2ccccc2)nn1. The number of carbonyl (C=O) groups is 1. The van der Waals surface area contributed by atoms with Crippen LogP contribution >= 0.6 is 0 Å². The van der Waals surface area contributed by atoms with E-state index < -0.39 is 0 Å². The van der Waals surface area contributed by atoms with Gasteiger partial charge in [0.2, 0.25) is 5.91 Å². The van der Waals surface area contributed by atoms with Gasteiger partial charge in [-0.15, -0.1) is 5.10 Å². The second kappa shape index (κ2) is 6.93. The summed E-state index contributed by atoms with van der Waals surface area (Å²) in [5.41, 5.74) is 7.29. The molecule has 132 valence electrons. The van der Waals surface area contributed by atoms with E-state index in [4.69, 9.17) is 5.73 Å². The molecule has 1 aromatic carbocycles. The number of anilines is 1. The van der Waals surface area contributed by atoms with E-state index in [0.717, 1.165) is 43.9 Å². The Balaban J connectivity index is 1.38. The van der Waals surface area contributed by atoms with Crippen molar-refractivity contribution < 1.29 is 4.79 Å². The molecule has 1 aromatic heterocycles. The molecule has 0 aliphatic carbocycles. The molecular formula is C18H24N6O. The molecule has 1 amide bonds. The zero-order valence-corrected chi connectivity index (χ0v) is 14.2. The minimum atomic E-state index is 0.0700. The molecule has 3 fully saturated rings. The number of benzene rings is 1. The van der Waals surface area contributed by atoms with Crippen molar-refractivity contribution in [1.29, 1.82) is 0 Å². The fourth-order valence-corrected chi connectivity index (χ4v) is 4.12. The number of fused-ring (bicyclic) bond motifs is 3. The number of nitrogens with two attached hydrogens (primary N) is 1. The highest BCUT2D eigenvalue weighted by atomic mass is 16.2. The third kappa shape index (κ3) is 3.43. The van der Waals surface area contributed by atoms with Crippen LogP contribution in [0.3, 0.4) is 0 Å². The van der Waals surface area contributed by atoms with Crippen LogP contribution in [0.15, 0.2) is 36.5 Å². The van der Waals surface area contributed by atoms with Crippen LogP contribution in [0.2, 0.25) is 0 Å². The quantitative estimate of drug-likeness (QED) is 0.850. The molecule has 0 saturated carbocycles. The Morgan fingerprint density at radius 2 is 2.16 bits per heavy atom. The van der Waals surface area contributed by atoms with Gasteiger partial charge in [0.15, 0.2) is 0 Å². The van der Waals surface area contributed by atoms with Crippen LogP contribution in [0.1, 0.15) is 18.5 Å². The van der Waals surface area contributed by atoms with Gasteiger partial charge >= 0.3 is 0 Å². The van der Waals surface area contributed by atoms with E-state index in [1.165, 1.54) is 0 Å². The lowest BCUT2D eigenvalue weighted by molar-refractivity contribution is -0.127. The lowest BCUT2D eigenvalue weighted by Gasteiger charge is -2.49. The zero-order chi connectivity index (χ0) is 17.2. The number of rotatable bonds is 5. The van der Waals surface area contributed by atoms with E-state index in [-0.39, 0.29) is 11.8 Å². The molecule has 3 N–H and O–H groups in total. The van der Waals surface area contributed by atoms with Crippen LogP contribution < -0.4 is 11.1 Å². The molecular weight excluding hydrogens is 316 g/mol. The van der Waals surface area contributed by atoms with Crippen molar-refractivity contribution in [1.82, 2.24) is 19.9 Å². The second-order valence-electron chi connectivity index (χ2n) is 7.03. The van der Waals surface area contributed by atoms with Gasteiger partial charge in [0.1, 0.15) is 0 Å². The fraction of sp³-hybridized carbons (Fsp3) is 0.500.